The van der Waals surface area contributed by atoms with Gasteiger partial charge in [0, 0.05) is 26.2 Å². The fraction of sp³-hybridized carbons (Fsp3) is 0.643. The van der Waals surface area contributed by atoms with Crippen LogP contribution in [-0.4, -0.2) is 48.7 Å². The molecule has 2 rings (SSSR count). The number of carbonyl (C=O) groups is 1. The van der Waals surface area contributed by atoms with Crippen molar-refractivity contribution in [3.63, 3.8) is 0 Å². The highest BCUT2D eigenvalue weighted by Crippen LogP contribution is 2.30. The van der Waals surface area contributed by atoms with E-state index in [-0.39, 0.29) is 0 Å². The Morgan fingerprint density at radius 3 is 2.40 bits per heavy atom. The van der Waals surface area contributed by atoms with Gasteiger partial charge >= 0.3 is 0 Å². The average Bonchev–Trinajstić information content (AvgIpc) is 3.01. The molecule has 5 nitrogen and oxygen atoms in total. The van der Waals surface area contributed by atoms with Crippen LogP contribution in [0.15, 0.2) is 5.16 Å². The van der Waals surface area contributed by atoms with Crippen molar-refractivity contribution >= 4 is 29.7 Å². The smallest absolute Gasteiger partial charge is 0.191 e. The summed E-state index contributed by atoms with van der Waals surface area (Å²) in [6.07, 6.45) is 5.20. The van der Waals surface area contributed by atoms with Gasteiger partial charge in [-0.05, 0) is 32.9 Å². The molecule has 20 heavy (non-hydrogen) atoms. The Hall–Kier alpha value is -1.30. The van der Waals surface area contributed by atoms with Crippen molar-refractivity contribution in [3.8, 4) is 0 Å². The first-order chi connectivity index (χ1) is 9.74. The molecule has 0 bridgehead atoms. The standard InChI is InChI=1S/C14H22N4OS/c1-4-17(5-2)12-11(10-19)13(16-14(15-12)20-3)18-8-6-7-9-18/h10H,4-9H2,1-3H3. The summed E-state index contributed by atoms with van der Waals surface area (Å²) in [5.74, 6) is 1.57. The van der Waals surface area contributed by atoms with Gasteiger partial charge in [0.05, 0.1) is 5.56 Å². The molecule has 6 heteroatoms. The second kappa shape index (κ2) is 6.92. The van der Waals surface area contributed by atoms with E-state index >= 15 is 0 Å². The van der Waals surface area contributed by atoms with E-state index in [0.29, 0.717) is 5.56 Å². The summed E-state index contributed by atoms with van der Waals surface area (Å²) >= 11 is 1.52. The highest BCUT2D eigenvalue weighted by molar-refractivity contribution is 7.98. The summed E-state index contributed by atoms with van der Waals surface area (Å²) < 4.78 is 0. The predicted molar refractivity (Wildman–Crippen MR) is 84.2 cm³/mol. The summed E-state index contributed by atoms with van der Waals surface area (Å²) in [5.41, 5.74) is 0.633. The molecule has 0 saturated carbocycles. The zero-order valence-corrected chi connectivity index (χ0v) is 13.2. The van der Waals surface area contributed by atoms with E-state index in [4.69, 9.17) is 0 Å². The van der Waals surface area contributed by atoms with Gasteiger partial charge in [-0.2, -0.15) is 0 Å². The molecule has 1 fully saturated rings. The minimum atomic E-state index is 0.633. The Kier molecular flexibility index (Phi) is 5.23. The number of nitrogens with zero attached hydrogens (tertiary/aromatic N) is 4. The van der Waals surface area contributed by atoms with E-state index in [0.717, 1.165) is 62.1 Å². The van der Waals surface area contributed by atoms with Gasteiger partial charge in [0.2, 0.25) is 0 Å². The van der Waals surface area contributed by atoms with Crippen molar-refractivity contribution in [1.29, 1.82) is 0 Å². The van der Waals surface area contributed by atoms with Gasteiger partial charge in [-0.3, -0.25) is 4.79 Å². The summed E-state index contributed by atoms with van der Waals surface area (Å²) in [4.78, 5) is 25.1. The minimum absolute atomic E-state index is 0.633. The predicted octanol–water partition coefficient (Wildman–Crippen LogP) is 2.46. The zero-order chi connectivity index (χ0) is 14.5. The van der Waals surface area contributed by atoms with E-state index in [2.05, 4.69) is 33.6 Å². The Morgan fingerprint density at radius 2 is 1.90 bits per heavy atom. The largest absolute Gasteiger partial charge is 0.356 e. The van der Waals surface area contributed by atoms with Gasteiger partial charge in [-0.1, -0.05) is 11.8 Å². The van der Waals surface area contributed by atoms with Crippen molar-refractivity contribution in [3.05, 3.63) is 5.56 Å². The molecule has 1 saturated heterocycles. The first-order valence-corrected chi connectivity index (χ1v) is 8.38. The molecule has 1 aromatic heterocycles. The van der Waals surface area contributed by atoms with Crippen molar-refractivity contribution in [2.75, 3.05) is 42.2 Å². The molecule has 0 amide bonds. The molecular formula is C14H22N4OS. The second-order valence-corrected chi connectivity index (χ2v) is 5.53. The van der Waals surface area contributed by atoms with E-state index in [9.17, 15) is 4.79 Å². The molecule has 0 N–H and O–H groups in total. The third kappa shape index (κ3) is 2.90. The third-order valence-corrected chi connectivity index (χ3v) is 4.20. The van der Waals surface area contributed by atoms with Gasteiger partial charge < -0.3 is 9.80 Å². The van der Waals surface area contributed by atoms with Crippen LogP contribution in [0.4, 0.5) is 11.6 Å². The SMILES string of the molecule is CCN(CC)c1nc(SC)nc(N2CCCC2)c1C=O. The fourth-order valence-corrected chi connectivity index (χ4v) is 2.91. The van der Waals surface area contributed by atoms with Crippen LogP contribution in [-0.2, 0) is 0 Å². The van der Waals surface area contributed by atoms with Crippen LogP contribution in [0.5, 0.6) is 0 Å². The Labute approximate surface area is 124 Å². The number of anilines is 2. The maximum Gasteiger partial charge on any atom is 0.191 e. The van der Waals surface area contributed by atoms with Gasteiger partial charge in [0.15, 0.2) is 11.4 Å². The van der Waals surface area contributed by atoms with Crippen LogP contribution in [0, 0.1) is 0 Å². The summed E-state index contributed by atoms with van der Waals surface area (Å²) in [6.45, 7) is 7.78. The fourth-order valence-electron chi connectivity index (χ4n) is 2.56. The molecule has 1 aliphatic rings. The normalized spacial score (nSPS) is 14.7. The van der Waals surface area contributed by atoms with Gasteiger partial charge in [0.25, 0.3) is 0 Å². The van der Waals surface area contributed by atoms with E-state index in [1.807, 2.05) is 6.26 Å². The summed E-state index contributed by atoms with van der Waals surface area (Å²) in [6, 6.07) is 0. The Bertz CT molecular complexity index is 447. The van der Waals surface area contributed by atoms with Crippen molar-refractivity contribution < 1.29 is 4.79 Å². The summed E-state index contributed by atoms with van der Waals surface area (Å²) in [7, 11) is 0. The van der Waals surface area contributed by atoms with Gasteiger partial charge in [-0.15, -0.1) is 0 Å². The van der Waals surface area contributed by atoms with Gasteiger partial charge in [0.1, 0.15) is 11.6 Å². The van der Waals surface area contributed by atoms with Crippen molar-refractivity contribution in [1.82, 2.24) is 9.97 Å². The first kappa shape index (κ1) is 15.1. The molecular weight excluding hydrogens is 272 g/mol. The van der Waals surface area contributed by atoms with E-state index in [1.165, 1.54) is 11.8 Å². The van der Waals surface area contributed by atoms with Crippen LogP contribution in [0.25, 0.3) is 0 Å². The molecule has 0 radical (unpaired) electrons. The monoisotopic (exact) mass is 294 g/mol. The summed E-state index contributed by atoms with van der Waals surface area (Å²) in [5, 5.41) is 0.736. The molecule has 0 aliphatic carbocycles. The van der Waals surface area contributed by atoms with Crippen LogP contribution >= 0.6 is 11.8 Å². The highest BCUT2D eigenvalue weighted by atomic mass is 32.2. The number of aldehydes is 1. The van der Waals surface area contributed by atoms with Crippen LogP contribution < -0.4 is 9.80 Å². The topological polar surface area (TPSA) is 49.3 Å². The molecule has 0 atom stereocenters. The second-order valence-electron chi connectivity index (χ2n) is 4.76. The van der Waals surface area contributed by atoms with Crippen molar-refractivity contribution in [2.24, 2.45) is 0 Å². The van der Waals surface area contributed by atoms with E-state index < -0.39 is 0 Å². The lowest BCUT2D eigenvalue weighted by Crippen LogP contribution is -2.28. The minimum Gasteiger partial charge on any atom is -0.356 e. The van der Waals surface area contributed by atoms with Crippen LogP contribution in [0.2, 0.25) is 0 Å². The number of hydrogen-bond acceptors (Lipinski definition) is 6. The Balaban J connectivity index is 2.53. The Morgan fingerprint density at radius 1 is 1.25 bits per heavy atom. The number of hydrogen-bond donors (Lipinski definition) is 0. The molecule has 1 aromatic rings. The molecule has 1 aliphatic heterocycles. The molecule has 0 aromatic carbocycles. The lowest BCUT2D eigenvalue weighted by Gasteiger charge is -2.25. The molecule has 2 heterocycles. The van der Waals surface area contributed by atoms with Crippen LogP contribution in [0.1, 0.15) is 37.0 Å². The van der Waals surface area contributed by atoms with E-state index in [1.54, 1.807) is 0 Å². The molecule has 110 valence electrons. The number of thioether (sulfide) groups is 1. The third-order valence-electron chi connectivity index (χ3n) is 3.65. The van der Waals surface area contributed by atoms with Gasteiger partial charge in [-0.25, -0.2) is 9.97 Å². The quantitative estimate of drug-likeness (QED) is 0.456. The molecule has 0 unspecified atom stereocenters. The van der Waals surface area contributed by atoms with Crippen LogP contribution in [0.3, 0.4) is 0 Å². The molecule has 0 spiro atoms. The highest BCUT2D eigenvalue weighted by Gasteiger charge is 2.23. The maximum absolute atomic E-state index is 11.6. The first-order valence-electron chi connectivity index (χ1n) is 7.16. The number of rotatable bonds is 6. The average molecular weight is 294 g/mol. The zero-order valence-electron chi connectivity index (χ0n) is 12.4. The lowest BCUT2D eigenvalue weighted by atomic mass is 10.2. The maximum atomic E-state index is 11.6. The number of carbonyl (C=O) groups excluding carboxylic acids is 1. The van der Waals surface area contributed by atoms with Crippen molar-refractivity contribution in [2.45, 2.75) is 31.8 Å². The lowest BCUT2D eigenvalue weighted by molar-refractivity contribution is 0.112. The number of aromatic nitrogens is 2.